The summed E-state index contributed by atoms with van der Waals surface area (Å²) in [6.07, 6.45) is 0. The second-order valence-electron chi connectivity index (χ2n) is 4.10. The summed E-state index contributed by atoms with van der Waals surface area (Å²) in [7, 11) is 0. The Hall–Kier alpha value is -2.49. The van der Waals surface area contributed by atoms with Crippen LogP contribution in [0.25, 0.3) is 0 Å². The molecule has 0 saturated carbocycles. The summed E-state index contributed by atoms with van der Waals surface area (Å²) in [5.74, 6) is 0.469. The van der Waals surface area contributed by atoms with Crippen LogP contribution in [0.3, 0.4) is 0 Å². The summed E-state index contributed by atoms with van der Waals surface area (Å²) in [5, 5.41) is 2.99. The van der Waals surface area contributed by atoms with Gasteiger partial charge in [0.1, 0.15) is 25.5 Å². The fourth-order valence-corrected chi connectivity index (χ4v) is 1.61. The molecule has 0 amide bonds. The summed E-state index contributed by atoms with van der Waals surface area (Å²) < 4.78 is 10.5. The van der Waals surface area contributed by atoms with Crippen molar-refractivity contribution >= 4 is 11.7 Å². The molecular formula is C16H17NO3. The molecule has 1 N–H and O–H groups in total. The summed E-state index contributed by atoms with van der Waals surface area (Å²) in [4.78, 5) is 11.5. The van der Waals surface area contributed by atoms with Crippen molar-refractivity contribution in [2.24, 2.45) is 0 Å². The molecule has 0 saturated heterocycles. The predicted molar refractivity (Wildman–Crippen MR) is 77.8 cm³/mol. The van der Waals surface area contributed by atoms with Gasteiger partial charge in [0.05, 0.1) is 0 Å². The molecule has 0 fully saturated rings. The van der Waals surface area contributed by atoms with Crippen LogP contribution in [-0.4, -0.2) is 25.7 Å². The minimum absolute atomic E-state index is 0.148. The Balaban J connectivity index is 1.59. The van der Waals surface area contributed by atoms with Gasteiger partial charge in [-0.1, -0.05) is 36.4 Å². The zero-order chi connectivity index (χ0) is 14.0. The molecule has 104 valence electrons. The van der Waals surface area contributed by atoms with Crippen molar-refractivity contribution in [2.45, 2.75) is 0 Å². The molecule has 0 aromatic heterocycles. The van der Waals surface area contributed by atoms with Gasteiger partial charge in [0.25, 0.3) is 0 Å². The largest absolute Gasteiger partial charge is 0.490 e. The van der Waals surface area contributed by atoms with E-state index in [9.17, 15) is 4.79 Å². The molecule has 0 aliphatic carbocycles. The average molecular weight is 271 g/mol. The third kappa shape index (κ3) is 5.02. The maximum absolute atomic E-state index is 11.5. The van der Waals surface area contributed by atoms with E-state index in [1.807, 2.05) is 60.7 Å². The smallest absolute Gasteiger partial charge is 0.325 e. The highest BCUT2D eigenvalue weighted by Crippen LogP contribution is 2.07. The first-order valence-electron chi connectivity index (χ1n) is 6.47. The van der Waals surface area contributed by atoms with Crippen LogP contribution in [0.4, 0.5) is 5.69 Å². The molecule has 2 aromatic rings. The van der Waals surface area contributed by atoms with Crippen molar-refractivity contribution in [3.05, 3.63) is 60.7 Å². The first kappa shape index (κ1) is 13.9. The Bertz CT molecular complexity index is 514. The Labute approximate surface area is 118 Å². The van der Waals surface area contributed by atoms with Crippen LogP contribution in [0, 0.1) is 0 Å². The number of carbonyl (C=O) groups is 1. The molecule has 0 bridgehead atoms. The van der Waals surface area contributed by atoms with E-state index in [0.717, 1.165) is 11.4 Å². The topological polar surface area (TPSA) is 47.6 Å². The number of para-hydroxylation sites is 2. The summed E-state index contributed by atoms with van der Waals surface area (Å²) >= 11 is 0. The van der Waals surface area contributed by atoms with E-state index >= 15 is 0 Å². The third-order valence-corrected chi connectivity index (χ3v) is 2.57. The third-order valence-electron chi connectivity index (χ3n) is 2.57. The van der Waals surface area contributed by atoms with Crippen LogP contribution >= 0.6 is 0 Å². The van der Waals surface area contributed by atoms with Gasteiger partial charge in [-0.3, -0.25) is 4.79 Å². The predicted octanol–water partition coefficient (Wildman–Crippen LogP) is 2.72. The molecule has 0 aliphatic rings. The lowest BCUT2D eigenvalue weighted by Crippen LogP contribution is -2.19. The number of benzene rings is 2. The molecule has 2 rings (SSSR count). The highest BCUT2D eigenvalue weighted by Gasteiger charge is 2.02. The van der Waals surface area contributed by atoms with Crippen LogP contribution in [0.5, 0.6) is 5.75 Å². The zero-order valence-electron chi connectivity index (χ0n) is 11.1. The molecule has 0 radical (unpaired) electrons. The van der Waals surface area contributed by atoms with Gasteiger partial charge in [-0.25, -0.2) is 0 Å². The number of carbonyl (C=O) groups excluding carboxylic acids is 1. The number of rotatable bonds is 7. The SMILES string of the molecule is O=C(CNc1ccccc1)OCCOc1ccccc1. The summed E-state index contributed by atoms with van der Waals surface area (Å²) in [6.45, 7) is 0.737. The summed E-state index contributed by atoms with van der Waals surface area (Å²) in [5.41, 5.74) is 0.894. The van der Waals surface area contributed by atoms with Crippen molar-refractivity contribution in [3.8, 4) is 5.75 Å². The van der Waals surface area contributed by atoms with Gasteiger partial charge in [0, 0.05) is 5.69 Å². The number of hydrogen-bond donors (Lipinski definition) is 1. The van der Waals surface area contributed by atoms with Crippen LogP contribution in [0.15, 0.2) is 60.7 Å². The molecule has 4 nitrogen and oxygen atoms in total. The van der Waals surface area contributed by atoms with Crippen molar-refractivity contribution in [1.82, 2.24) is 0 Å². The fourth-order valence-electron chi connectivity index (χ4n) is 1.61. The van der Waals surface area contributed by atoms with Crippen LogP contribution in [0.1, 0.15) is 0 Å². The number of hydrogen-bond acceptors (Lipinski definition) is 4. The monoisotopic (exact) mass is 271 g/mol. The molecule has 20 heavy (non-hydrogen) atoms. The quantitative estimate of drug-likeness (QED) is 0.621. The van der Waals surface area contributed by atoms with E-state index in [0.29, 0.717) is 6.61 Å². The second kappa shape index (κ2) is 7.84. The Morgan fingerprint density at radius 1 is 0.900 bits per heavy atom. The lowest BCUT2D eigenvalue weighted by Gasteiger charge is -2.08. The standard InChI is InChI=1S/C16H17NO3/c18-16(13-17-14-7-3-1-4-8-14)20-12-11-19-15-9-5-2-6-10-15/h1-10,17H,11-13H2. The number of esters is 1. The Kier molecular flexibility index (Phi) is 5.46. The minimum atomic E-state index is -0.300. The maximum atomic E-state index is 11.5. The highest BCUT2D eigenvalue weighted by molar-refractivity contribution is 5.74. The van der Waals surface area contributed by atoms with Gasteiger partial charge in [-0.15, -0.1) is 0 Å². The van der Waals surface area contributed by atoms with Crippen LogP contribution in [-0.2, 0) is 9.53 Å². The number of anilines is 1. The van der Waals surface area contributed by atoms with Crippen molar-refractivity contribution in [1.29, 1.82) is 0 Å². The van der Waals surface area contributed by atoms with Crippen LogP contribution in [0.2, 0.25) is 0 Å². The molecule has 2 aromatic carbocycles. The number of nitrogens with one attached hydrogen (secondary N) is 1. The highest BCUT2D eigenvalue weighted by atomic mass is 16.6. The van der Waals surface area contributed by atoms with E-state index in [-0.39, 0.29) is 19.1 Å². The molecule has 4 heteroatoms. The van der Waals surface area contributed by atoms with Gasteiger partial charge in [-0.2, -0.15) is 0 Å². The van der Waals surface area contributed by atoms with E-state index in [1.165, 1.54) is 0 Å². The molecule has 0 heterocycles. The van der Waals surface area contributed by atoms with Crippen molar-refractivity contribution < 1.29 is 14.3 Å². The fraction of sp³-hybridized carbons (Fsp3) is 0.188. The molecule has 0 aliphatic heterocycles. The molecule has 0 unspecified atom stereocenters. The van der Waals surface area contributed by atoms with E-state index in [4.69, 9.17) is 9.47 Å². The Morgan fingerprint density at radius 2 is 1.55 bits per heavy atom. The van der Waals surface area contributed by atoms with Gasteiger partial charge in [0.15, 0.2) is 0 Å². The molecule has 0 atom stereocenters. The van der Waals surface area contributed by atoms with Gasteiger partial charge in [-0.05, 0) is 24.3 Å². The minimum Gasteiger partial charge on any atom is -0.490 e. The van der Waals surface area contributed by atoms with E-state index in [2.05, 4.69) is 5.32 Å². The van der Waals surface area contributed by atoms with Crippen molar-refractivity contribution in [3.63, 3.8) is 0 Å². The molecule has 0 spiro atoms. The first-order chi connectivity index (χ1) is 9.84. The second-order valence-corrected chi connectivity index (χ2v) is 4.10. The van der Waals surface area contributed by atoms with E-state index in [1.54, 1.807) is 0 Å². The van der Waals surface area contributed by atoms with Gasteiger partial charge in [0.2, 0.25) is 0 Å². The number of ether oxygens (including phenoxy) is 2. The average Bonchev–Trinajstić information content (AvgIpc) is 2.52. The van der Waals surface area contributed by atoms with Gasteiger partial charge < -0.3 is 14.8 Å². The van der Waals surface area contributed by atoms with Crippen molar-refractivity contribution in [2.75, 3.05) is 25.1 Å². The zero-order valence-corrected chi connectivity index (χ0v) is 11.1. The van der Waals surface area contributed by atoms with Crippen LogP contribution < -0.4 is 10.1 Å². The maximum Gasteiger partial charge on any atom is 0.325 e. The van der Waals surface area contributed by atoms with Gasteiger partial charge >= 0.3 is 5.97 Å². The Morgan fingerprint density at radius 3 is 2.25 bits per heavy atom. The lowest BCUT2D eigenvalue weighted by atomic mass is 10.3. The van der Waals surface area contributed by atoms with E-state index < -0.39 is 0 Å². The molecular weight excluding hydrogens is 254 g/mol. The summed E-state index contributed by atoms with van der Waals surface area (Å²) in [6, 6.07) is 18.9. The normalized spacial score (nSPS) is 9.80. The first-order valence-corrected chi connectivity index (χ1v) is 6.47. The lowest BCUT2D eigenvalue weighted by molar-refractivity contribution is -0.142.